The van der Waals surface area contributed by atoms with Gasteiger partial charge in [-0.3, -0.25) is 5.10 Å². The number of aryl methyl sites for hydroxylation is 1. The van der Waals surface area contributed by atoms with Crippen molar-refractivity contribution in [1.82, 2.24) is 10.2 Å². The molecule has 3 N–H and O–H groups in total. The number of hydrogen-bond acceptors (Lipinski definition) is 2. The van der Waals surface area contributed by atoms with Crippen LogP contribution in [0.5, 0.6) is 0 Å². The Morgan fingerprint density at radius 1 is 1.33 bits per heavy atom. The van der Waals surface area contributed by atoms with Gasteiger partial charge in [-0.15, -0.1) is 0 Å². The largest absolute Gasteiger partial charge is 0.384 e. The van der Waals surface area contributed by atoms with Crippen LogP contribution in [0, 0.1) is 18.6 Å². The molecule has 0 saturated carbocycles. The van der Waals surface area contributed by atoms with E-state index in [9.17, 15) is 8.78 Å². The molecule has 78 valence electrons. The molecular weight excluding hydrogens is 200 g/mol. The van der Waals surface area contributed by atoms with Gasteiger partial charge in [-0.25, -0.2) is 8.78 Å². The van der Waals surface area contributed by atoms with Crippen LogP contribution in [0.4, 0.5) is 14.6 Å². The van der Waals surface area contributed by atoms with Crippen molar-refractivity contribution in [2.24, 2.45) is 0 Å². The normalized spacial score (nSPS) is 10.6. The number of rotatable bonds is 1. The maximum atomic E-state index is 13.1. The van der Waals surface area contributed by atoms with E-state index in [0.29, 0.717) is 16.9 Å². The lowest BCUT2D eigenvalue weighted by Gasteiger charge is -2.03. The Balaban J connectivity index is 2.60. The lowest BCUT2D eigenvalue weighted by Crippen LogP contribution is -1.92. The Bertz CT molecular complexity index is 482. The summed E-state index contributed by atoms with van der Waals surface area (Å²) in [6, 6.07) is 2.63. The highest BCUT2D eigenvalue weighted by atomic mass is 19.2. The summed E-state index contributed by atoms with van der Waals surface area (Å²) in [5.74, 6) is -1.38. The van der Waals surface area contributed by atoms with Gasteiger partial charge in [-0.2, -0.15) is 5.10 Å². The van der Waals surface area contributed by atoms with Crippen LogP contribution < -0.4 is 5.73 Å². The zero-order valence-corrected chi connectivity index (χ0v) is 8.01. The van der Waals surface area contributed by atoms with Gasteiger partial charge in [-0.1, -0.05) is 0 Å². The van der Waals surface area contributed by atoms with Gasteiger partial charge in [0.1, 0.15) is 5.82 Å². The minimum absolute atomic E-state index is 0.241. The number of halogens is 2. The maximum absolute atomic E-state index is 13.1. The second-order valence-corrected chi connectivity index (χ2v) is 3.29. The van der Waals surface area contributed by atoms with Crippen LogP contribution >= 0.6 is 0 Å². The Morgan fingerprint density at radius 3 is 2.60 bits per heavy atom. The van der Waals surface area contributed by atoms with Crippen molar-refractivity contribution in [1.29, 1.82) is 0 Å². The van der Waals surface area contributed by atoms with Crippen molar-refractivity contribution in [3.63, 3.8) is 0 Å². The average Bonchev–Trinajstić information content (AvgIpc) is 2.60. The SMILES string of the molecule is Cc1cc(-c2cn[nH]c2N)cc(F)c1F. The molecule has 5 heteroatoms. The van der Waals surface area contributed by atoms with Crippen molar-refractivity contribution in [2.75, 3.05) is 5.73 Å². The molecule has 0 bridgehead atoms. The molecule has 15 heavy (non-hydrogen) atoms. The number of benzene rings is 1. The van der Waals surface area contributed by atoms with Crippen LogP contribution in [-0.4, -0.2) is 10.2 Å². The number of nitrogens with one attached hydrogen (secondary N) is 1. The number of H-pyrrole nitrogens is 1. The van der Waals surface area contributed by atoms with Crippen LogP contribution in [0.3, 0.4) is 0 Å². The third-order valence-corrected chi connectivity index (χ3v) is 2.19. The second-order valence-electron chi connectivity index (χ2n) is 3.29. The molecule has 0 amide bonds. The average molecular weight is 209 g/mol. The Morgan fingerprint density at radius 2 is 2.07 bits per heavy atom. The summed E-state index contributed by atoms with van der Waals surface area (Å²) in [5, 5.41) is 6.25. The van der Waals surface area contributed by atoms with Gasteiger partial charge in [0, 0.05) is 5.56 Å². The molecule has 0 atom stereocenters. The first-order valence-electron chi connectivity index (χ1n) is 4.34. The molecule has 0 aliphatic heterocycles. The van der Waals surface area contributed by atoms with Gasteiger partial charge in [0.05, 0.1) is 6.20 Å². The van der Waals surface area contributed by atoms with Crippen LogP contribution in [0.2, 0.25) is 0 Å². The molecule has 3 nitrogen and oxygen atoms in total. The van der Waals surface area contributed by atoms with Crippen molar-refractivity contribution < 1.29 is 8.78 Å². The summed E-state index contributed by atoms with van der Waals surface area (Å²) in [4.78, 5) is 0. The van der Waals surface area contributed by atoms with E-state index in [0.717, 1.165) is 6.07 Å². The summed E-state index contributed by atoms with van der Waals surface area (Å²) in [5.41, 5.74) is 6.90. The van der Waals surface area contributed by atoms with E-state index < -0.39 is 11.6 Å². The molecule has 0 fully saturated rings. The molecule has 0 saturated heterocycles. The lowest BCUT2D eigenvalue weighted by atomic mass is 10.1. The fourth-order valence-corrected chi connectivity index (χ4v) is 1.41. The van der Waals surface area contributed by atoms with Crippen molar-refractivity contribution >= 4 is 5.82 Å². The third kappa shape index (κ3) is 1.56. The molecular formula is C10H9F2N3. The smallest absolute Gasteiger partial charge is 0.161 e. The maximum Gasteiger partial charge on any atom is 0.161 e. The number of nitrogens with two attached hydrogens (primary N) is 1. The Labute approximate surface area is 84.9 Å². The van der Waals surface area contributed by atoms with E-state index in [2.05, 4.69) is 10.2 Å². The summed E-state index contributed by atoms with van der Waals surface area (Å²) in [7, 11) is 0. The summed E-state index contributed by atoms with van der Waals surface area (Å²) in [6.45, 7) is 1.50. The van der Waals surface area contributed by atoms with Crippen LogP contribution in [0.15, 0.2) is 18.3 Å². The second kappa shape index (κ2) is 3.34. The first kappa shape index (κ1) is 9.64. The third-order valence-electron chi connectivity index (χ3n) is 2.19. The molecule has 2 rings (SSSR count). The van der Waals surface area contributed by atoms with Gasteiger partial charge in [-0.05, 0) is 30.2 Å². The topological polar surface area (TPSA) is 54.7 Å². The summed E-state index contributed by atoms with van der Waals surface area (Å²) < 4.78 is 26.1. The highest BCUT2D eigenvalue weighted by Gasteiger charge is 2.11. The van der Waals surface area contributed by atoms with Crippen LogP contribution in [0.1, 0.15) is 5.56 Å². The first-order chi connectivity index (χ1) is 7.09. The number of anilines is 1. The minimum Gasteiger partial charge on any atom is -0.384 e. The molecule has 1 aromatic carbocycles. The number of nitrogen functional groups attached to an aromatic ring is 1. The summed E-state index contributed by atoms with van der Waals surface area (Å²) in [6.07, 6.45) is 1.47. The van der Waals surface area contributed by atoms with E-state index in [1.165, 1.54) is 19.2 Å². The fraction of sp³-hybridized carbons (Fsp3) is 0.100. The van der Waals surface area contributed by atoms with E-state index in [4.69, 9.17) is 5.73 Å². The minimum atomic E-state index is -0.884. The van der Waals surface area contributed by atoms with Gasteiger partial charge in [0.15, 0.2) is 11.6 Å². The number of aromatic nitrogens is 2. The standard InChI is InChI=1S/C10H9F2N3/c1-5-2-6(3-8(11)9(5)12)7-4-14-15-10(7)13/h2-4H,1H3,(H3,13,14,15). The Hall–Kier alpha value is -1.91. The molecule has 1 aromatic heterocycles. The monoisotopic (exact) mass is 209 g/mol. The number of hydrogen-bond donors (Lipinski definition) is 2. The highest BCUT2D eigenvalue weighted by molar-refractivity contribution is 5.73. The molecule has 0 aliphatic rings. The quantitative estimate of drug-likeness (QED) is 0.756. The zero-order chi connectivity index (χ0) is 11.0. The molecule has 0 spiro atoms. The first-order valence-corrected chi connectivity index (χ1v) is 4.34. The predicted octanol–water partition coefficient (Wildman–Crippen LogP) is 2.25. The van der Waals surface area contributed by atoms with E-state index in [1.807, 2.05) is 0 Å². The van der Waals surface area contributed by atoms with Gasteiger partial charge < -0.3 is 5.73 Å². The molecule has 0 aliphatic carbocycles. The fourth-order valence-electron chi connectivity index (χ4n) is 1.41. The highest BCUT2D eigenvalue weighted by Crippen LogP contribution is 2.26. The van der Waals surface area contributed by atoms with Crippen LogP contribution in [0.25, 0.3) is 11.1 Å². The van der Waals surface area contributed by atoms with Gasteiger partial charge in [0.2, 0.25) is 0 Å². The summed E-state index contributed by atoms with van der Waals surface area (Å²) >= 11 is 0. The zero-order valence-electron chi connectivity index (χ0n) is 8.01. The van der Waals surface area contributed by atoms with E-state index in [-0.39, 0.29) is 5.56 Å². The van der Waals surface area contributed by atoms with E-state index in [1.54, 1.807) is 0 Å². The Kier molecular flexibility index (Phi) is 2.15. The van der Waals surface area contributed by atoms with Crippen molar-refractivity contribution in [3.8, 4) is 11.1 Å². The van der Waals surface area contributed by atoms with E-state index >= 15 is 0 Å². The van der Waals surface area contributed by atoms with Gasteiger partial charge in [0.25, 0.3) is 0 Å². The number of aromatic amines is 1. The lowest BCUT2D eigenvalue weighted by molar-refractivity contribution is 0.503. The predicted molar refractivity (Wildman–Crippen MR) is 53.1 cm³/mol. The van der Waals surface area contributed by atoms with Crippen LogP contribution in [-0.2, 0) is 0 Å². The van der Waals surface area contributed by atoms with Crippen molar-refractivity contribution in [3.05, 3.63) is 35.5 Å². The number of nitrogens with zero attached hydrogens (tertiary/aromatic N) is 1. The molecule has 0 radical (unpaired) electrons. The molecule has 0 unspecified atom stereocenters. The van der Waals surface area contributed by atoms with Crippen molar-refractivity contribution in [2.45, 2.75) is 6.92 Å². The molecule has 2 aromatic rings. The van der Waals surface area contributed by atoms with Gasteiger partial charge >= 0.3 is 0 Å². The molecule has 1 heterocycles.